The van der Waals surface area contributed by atoms with Gasteiger partial charge >= 0.3 is 0 Å². The maximum atomic E-state index is 12.2. The van der Waals surface area contributed by atoms with Gasteiger partial charge in [-0.15, -0.1) is 0 Å². The molecule has 2 amide bonds. The van der Waals surface area contributed by atoms with E-state index in [2.05, 4.69) is 5.32 Å². The van der Waals surface area contributed by atoms with E-state index in [0.717, 1.165) is 6.42 Å². The molecule has 1 aromatic rings. The second-order valence-electron chi connectivity index (χ2n) is 6.07. The lowest BCUT2D eigenvalue weighted by Crippen LogP contribution is -2.38. The fourth-order valence-electron chi connectivity index (χ4n) is 2.75. The summed E-state index contributed by atoms with van der Waals surface area (Å²) >= 11 is 0. The van der Waals surface area contributed by atoms with E-state index in [0.29, 0.717) is 18.7 Å². The van der Waals surface area contributed by atoms with Crippen LogP contribution in [0.3, 0.4) is 0 Å². The summed E-state index contributed by atoms with van der Waals surface area (Å²) in [5.74, 6) is 0.0337. The first-order chi connectivity index (χ1) is 10.5. The van der Waals surface area contributed by atoms with Crippen LogP contribution in [0.5, 0.6) is 0 Å². The zero-order chi connectivity index (χ0) is 16.1. The van der Waals surface area contributed by atoms with Gasteiger partial charge in [-0.25, -0.2) is 0 Å². The number of aliphatic hydroxyl groups excluding tert-OH is 1. The number of nitrogens with zero attached hydrogens (tertiary/aromatic N) is 1. The fourth-order valence-corrected chi connectivity index (χ4v) is 2.75. The van der Waals surface area contributed by atoms with Gasteiger partial charge in [0.25, 0.3) is 5.91 Å². The van der Waals surface area contributed by atoms with Crippen molar-refractivity contribution < 1.29 is 14.7 Å². The number of carbonyl (C=O) groups excluding carboxylic acids is 2. The summed E-state index contributed by atoms with van der Waals surface area (Å²) in [5, 5.41) is 12.4. The minimum atomic E-state index is -0.381. The highest BCUT2D eigenvalue weighted by atomic mass is 16.3. The van der Waals surface area contributed by atoms with E-state index in [1.165, 1.54) is 0 Å². The molecule has 2 N–H and O–H groups in total. The third-order valence-electron chi connectivity index (χ3n) is 4.15. The Labute approximate surface area is 131 Å². The summed E-state index contributed by atoms with van der Waals surface area (Å²) in [5.41, 5.74) is 0.595. The fraction of sp³-hybridized carbons (Fsp3) is 0.529. The lowest BCUT2D eigenvalue weighted by Gasteiger charge is -2.20. The quantitative estimate of drug-likeness (QED) is 0.864. The third kappa shape index (κ3) is 4.31. The molecule has 5 nitrogen and oxygen atoms in total. The Hall–Kier alpha value is -1.88. The Morgan fingerprint density at radius 1 is 1.32 bits per heavy atom. The van der Waals surface area contributed by atoms with Crippen molar-refractivity contribution in [2.75, 3.05) is 13.1 Å². The van der Waals surface area contributed by atoms with Gasteiger partial charge in [0.15, 0.2) is 0 Å². The van der Waals surface area contributed by atoms with Gasteiger partial charge in [0, 0.05) is 37.0 Å². The molecular weight excluding hydrogens is 280 g/mol. The van der Waals surface area contributed by atoms with Crippen molar-refractivity contribution in [1.82, 2.24) is 10.2 Å². The van der Waals surface area contributed by atoms with Gasteiger partial charge in [0.1, 0.15) is 0 Å². The summed E-state index contributed by atoms with van der Waals surface area (Å²) in [6, 6.07) is 8.76. The summed E-state index contributed by atoms with van der Waals surface area (Å²) in [7, 11) is 0. The molecule has 3 unspecified atom stereocenters. The van der Waals surface area contributed by atoms with E-state index in [1.54, 1.807) is 24.0 Å². The Morgan fingerprint density at radius 3 is 2.59 bits per heavy atom. The highest BCUT2D eigenvalue weighted by molar-refractivity contribution is 5.94. The number of benzene rings is 1. The average Bonchev–Trinajstić information content (AvgIpc) is 2.98. The number of hydrogen-bond acceptors (Lipinski definition) is 3. The smallest absolute Gasteiger partial charge is 0.251 e. The number of aliphatic hydroxyl groups is 1. The molecule has 22 heavy (non-hydrogen) atoms. The van der Waals surface area contributed by atoms with Gasteiger partial charge in [-0.2, -0.15) is 0 Å². The van der Waals surface area contributed by atoms with Crippen LogP contribution < -0.4 is 5.32 Å². The molecule has 1 aliphatic heterocycles. The first-order valence-corrected chi connectivity index (χ1v) is 7.79. The topological polar surface area (TPSA) is 69.6 Å². The molecular formula is C17H24N2O3. The van der Waals surface area contributed by atoms with Crippen molar-refractivity contribution in [3.8, 4) is 0 Å². The van der Waals surface area contributed by atoms with Crippen molar-refractivity contribution >= 4 is 11.8 Å². The Kier molecular flexibility index (Phi) is 5.55. The minimum Gasteiger partial charge on any atom is -0.393 e. The van der Waals surface area contributed by atoms with E-state index >= 15 is 0 Å². The molecule has 1 fully saturated rings. The molecule has 2 rings (SSSR count). The predicted molar refractivity (Wildman–Crippen MR) is 84.4 cm³/mol. The Balaban J connectivity index is 1.81. The molecule has 5 heteroatoms. The van der Waals surface area contributed by atoms with Crippen LogP contribution in [0.2, 0.25) is 0 Å². The standard InChI is InChI=1S/C17H24N2O3/c1-12(18-17(22)14-6-4-3-5-7-14)10-16(21)19-9-8-15(11-19)13(2)20/h3-7,12-13,15,20H,8-11H2,1-2H3,(H,18,22). The zero-order valence-corrected chi connectivity index (χ0v) is 13.2. The number of amides is 2. The highest BCUT2D eigenvalue weighted by Crippen LogP contribution is 2.20. The number of likely N-dealkylation sites (tertiary alicyclic amines) is 1. The summed E-state index contributed by atoms with van der Waals surface area (Å²) in [4.78, 5) is 26.0. The maximum Gasteiger partial charge on any atom is 0.251 e. The molecule has 120 valence electrons. The second-order valence-corrected chi connectivity index (χ2v) is 6.07. The molecule has 1 aromatic carbocycles. The van der Waals surface area contributed by atoms with E-state index in [-0.39, 0.29) is 36.3 Å². The number of nitrogens with one attached hydrogen (secondary N) is 1. The Bertz CT molecular complexity index is 516. The van der Waals surface area contributed by atoms with Crippen LogP contribution in [-0.4, -0.2) is 47.1 Å². The van der Waals surface area contributed by atoms with Crippen molar-refractivity contribution in [1.29, 1.82) is 0 Å². The van der Waals surface area contributed by atoms with Crippen LogP contribution in [0.4, 0.5) is 0 Å². The summed E-state index contributed by atoms with van der Waals surface area (Å²) in [6.07, 6.45) is 0.743. The van der Waals surface area contributed by atoms with E-state index < -0.39 is 0 Å². The second kappa shape index (κ2) is 7.40. The SMILES string of the molecule is CC(CC(=O)N1CCC(C(C)O)C1)NC(=O)c1ccccc1. The van der Waals surface area contributed by atoms with Crippen LogP contribution in [0, 0.1) is 5.92 Å². The largest absolute Gasteiger partial charge is 0.393 e. The summed E-state index contributed by atoms with van der Waals surface area (Å²) < 4.78 is 0. The third-order valence-corrected chi connectivity index (χ3v) is 4.15. The van der Waals surface area contributed by atoms with Gasteiger partial charge in [0.2, 0.25) is 5.91 Å². The number of rotatable bonds is 5. The normalized spacial score (nSPS) is 20.5. The molecule has 0 bridgehead atoms. The molecule has 0 saturated carbocycles. The highest BCUT2D eigenvalue weighted by Gasteiger charge is 2.29. The molecule has 3 atom stereocenters. The molecule has 1 saturated heterocycles. The molecule has 1 heterocycles. The first-order valence-electron chi connectivity index (χ1n) is 7.79. The molecule has 0 aliphatic carbocycles. The number of carbonyl (C=O) groups is 2. The van der Waals surface area contributed by atoms with E-state index in [1.807, 2.05) is 25.1 Å². The van der Waals surface area contributed by atoms with Crippen LogP contribution >= 0.6 is 0 Å². The van der Waals surface area contributed by atoms with Gasteiger partial charge in [0.05, 0.1) is 6.10 Å². The molecule has 1 aliphatic rings. The van der Waals surface area contributed by atoms with Crippen LogP contribution in [-0.2, 0) is 4.79 Å². The monoisotopic (exact) mass is 304 g/mol. The average molecular weight is 304 g/mol. The maximum absolute atomic E-state index is 12.2. The van der Waals surface area contributed by atoms with Crippen molar-refractivity contribution in [3.05, 3.63) is 35.9 Å². The molecule has 0 aromatic heterocycles. The molecule has 0 spiro atoms. The van der Waals surface area contributed by atoms with Crippen LogP contribution in [0.1, 0.15) is 37.0 Å². The van der Waals surface area contributed by atoms with Gasteiger partial charge < -0.3 is 15.3 Å². The number of hydrogen-bond donors (Lipinski definition) is 2. The van der Waals surface area contributed by atoms with Crippen LogP contribution in [0.15, 0.2) is 30.3 Å². The minimum absolute atomic E-state index is 0.0315. The van der Waals surface area contributed by atoms with Crippen molar-refractivity contribution in [2.45, 2.75) is 38.8 Å². The Morgan fingerprint density at radius 2 is 2.00 bits per heavy atom. The van der Waals surface area contributed by atoms with Crippen molar-refractivity contribution in [2.24, 2.45) is 5.92 Å². The van der Waals surface area contributed by atoms with E-state index in [9.17, 15) is 14.7 Å². The van der Waals surface area contributed by atoms with Crippen LogP contribution in [0.25, 0.3) is 0 Å². The first kappa shape index (κ1) is 16.5. The predicted octanol–water partition coefficient (Wildman–Crippen LogP) is 1.42. The molecule has 0 radical (unpaired) electrons. The van der Waals surface area contributed by atoms with Gasteiger partial charge in [-0.3, -0.25) is 9.59 Å². The zero-order valence-electron chi connectivity index (χ0n) is 13.2. The van der Waals surface area contributed by atoms with Crippen molar-refractivity contribution in [3.63, 3.8) is 0 Å². The lowest BCUT2D eigenvalue weighted by atomic mass is 10.0. The lowest BCUT2D eigenvalue weighted by molar-refractivity contribution is -0.130. The van der Waals surface area contributed by atoms with Gasteiger partial charge in [-0.05, 0) is 32.4 Å². The summed E-state index contributed by atoms with van der Waals surface area (Å²) in [6.45, 7) is 4.89. The van der Waals surface area contributed by atoms with Gasteiger partial charge in [-0.1, -0.05) is 18.2 Å². The van der Waals surface area contributed by atoms with E-state index in [4.69, 9.17) is 0 Å².